The molecule has 7 heteroatoms. The normalized spacial score (nSPS) is 16.5. The number of esters is 1. The number of carbonyl (C=O) groups is 2. The number of benzene rings is 1. The molecule has 1 unspecified atom stereocenters. The molecule has 1 N–H and O–H groups in total. The molecule has 0 aliphatic carbocycles. The van der Waals surface area contributed by atoms with Crippen LogP contribution in [0.4, 0.5) is 11.6 Å². The molecule has 1 amide bonds. The number of carbonyl (C=O) groups excluding carboxylic acids is 2. The summed E-state index contributed by atoms with van der Waals surface area (Å²) in [5.74, 6) is -0.0960. The Morgan fingerprint density at radius 2 is 1.96 bits per heavy atom. The second-order valence-electron chi connectivity index (χ2n) is 6.97. The van der Waals surface area contributed by atoms with Crippen LogP contribution in [0.15, 0.2) is 30.3 Å². The van der Waals surface area contributed by atoms with Crippen LogP contribution in [-0.2, 0) is 4.74 Å². The van der Waals surface area contributed by atoms with Crippen molar-refractivity contribution in [3.63, 3.8) is 0 Å². The number of nitrogens with zero attached hydrogens (tertiary/aromatic N) is 3. The van der Waals surface area contributed by atoms with E-state index in [2.05, 4.69) is 31.8 Å². The van der Waals surface area contributed by atoms with Gasteiger partial charge >= 0.3 is 5.97 Å². The molecule has 3 rings (SSSR count). The van der Waals surface area contributed by atoms with E-state index in [0.717, 1.165) is 31.5 Å². The molecule has 7 nitrogen and oxygen atoms in total. The highest BCUT2D eigenvalue weighted by molar-refractivity contribution is 6.03. The van der Waals surface area contributed by atoms with E-state index in [-0.39, 0.29) is 5.91 Å². The van der Waals surface area contributed by atoms with E-state index in [4.69, 9.17) is 0 Å². The third-order valence-electron chi connectivity index (χ3n) is 4.99. The Labute approximate surface area is 165 Å². The lowest BCUT2D eigenvalue weighted by atomic mass is 10.0. The second kappa shape index (κ2) is 8.82. The van der Waals surface area contributed by atoms with Crippen LogP contribution in [0.2, 0.25) is 0 Å². The summed E-state index contributed by atoms with van der Waals surface area (Å²) in [6, 6.07) is 8.65. The van der Waals surface area contributed by atoms with Gasteiger partial charge in [0.2, 0.25) is 5.95 Å². The summed E-state index contributed by atoms with van der Waals surface area (Å²) < 4.78 is 4.68. The standard InChI is InChI=1S/C21H26N4O3/c1-4-17-7-5-6-12-25(17)21-22-14(2)13-18(24-21)19(26)23-16-10-8-15(9-11-16)20(27)28-3/h8-11,13,17H,4-7,12H2,1-3H3,(H,23,26). The number of ether oxygens (including phenoxy) is 1. The van der Waals surface area contributed by atoms with Gasteiger partial charge in [-0.05, 0) is 62.9 Å². The van der Waals surface area contributed by atoms with Crippen molar-refractivity contribution >= 4 is 23.5 Å². The number of anilines is 2. The Hall–Kier alpha value is -2.96. The van der Waals surface area contributed by atoms with E-state index in [9.17, 15) is 9.59 Å². The van der Waals surface area contributed by atoms with E-state index in [0.29, 0.717) is 28.9 Å². The molecule has 0 bridgehead atoms. The van der Waals surface area contributed by atoms with Crippen LogP contribution in [-0.4, -0.2) is 41.5 Å². The summed E-state index contributed by atoms with van der Waals surface area (Å²) in [5.41, 5.74) is 2.10. The zero-order chi connectivity index (χ0) is 20.1. The minimum absolute atomic E-state index is 0.303. The third-order valence-corrected chi connectivity index (χ3v) is 4.99. The number of piperidine rings is 1. The summed E-state index contributed by atoms with van der Waals surface area (Å²) in [5, 5.41) is 2.83. The SMILES string of the molecule is CCC1CCCCN1c1nc(C)cc(C(=O)Nc2ccc(C(=O)OC)cc2)n1. The lowest BCUT2D eigenvalue weighted by Gasteiger charge is -2.35. The van der Waals surface area contributed by atoms with Crippen molar-refractivity contribution in [2.75, 3.05) is 23.9 Å². The average molecular weight is 382 g/mol. The van der Waals surface area contributed by atoms with Gasteiger partial charge in [-0.2, -0.15) is 0 Å². The Kier molecular flexibility index (Phi) is 6.23. The summed E-state index contributed by atoms with van der Waals surface area (Å²) in [6.07, 6.45) is 4.49. The first-order valence-corrected chi connectivity index (χ1v) is 9.64. The van der Waals surface area contributed by atoms with Gasteiger partial charge in [0.25, 0.3) is 5.91 Å². The van der Waals surface area contributed by atoms with E-state index < -0.39 is 5.97 Å². The Morgan fingerprint density at radius 1 is 1.21 bits per heavy atom. The predicted molar refractivity (Wildman–Crippen MR) is 108 cm³/mol. The van der Waals surface area contributed by atoms with Gasteiger partial charge < -0.3 is 15.0 Å². The fourth-order valence-corrected chi connectivity index (χ4v) is 3.49. The molecule has 2 heterocycles. The number of aromatic nitrogens is 2. The topological polar surface area (TPSA) is 84.4 Å². The molecule has 1 aromatic carbocycles. The Bertz CT molecular complexity index is 851. The van der Waals surface area contributed by atoms with E-state index in [1.165, 1.54) is 13.5 Å². The number of hydrogen-bond acceptors (Lipinski definition) is 6. The Balaban J connectivity index is 1.78. The maximum Gasteiger partial charge on any atom is 0.337 e. The highest BCUT2D eigenvalue weighted by Gasteiger charge is 2.24. The first kappa shape index (κ1) is 19.8. The maximum atomic E-state index is 12.7. The van der Waals surface area contributed by atoms with Crippen LogP contribution in [0.3, 0.4) is 0 Å². The van der Waals surface area contributed by atoms with Crippen LogP contribution < -0.4 is 10.2 Å². The second-order valence-corrected chi connectivity index (χ2v) is 6.97. The van der Waals surface area contributed by atoms with E-state index in [1.807, 2.05) is 6.92 Å². The molecule has 2 aromatic rings. The highest BCUT2D eigenvalue weighted by atomic mass is 16.5. The predicted octanol–water partition coefficient (Wildman–Crippen LogP) is 3.59. The van der Waals surface area contributed by atoms with Gasteiger partial charge in [0.15, 0.2) is 0 Å². The maximum absolute atomic E-state index is 12.7. The van der Waals surface area contributed by atoms with Crippen molar-refractivity contribution < 1.29 is 14.3 Å². The zero-order valence-corrected chi connectivity index (χ0v) is 16.6. The highest BCUT2D eigenvalue weighted by Crippen LogP contribution is 2.24. The van der Waals surface area contributed by atoms with Crippen LogP contribution in [0, 0.1) is 6.92 Å². The minimum Gasteiger partial charge on any atom is -0.465 e. The van der Waals surface area contributed by atoms with Crippen molar-refractivity contribution in [3.05, 3.63) is 47.3 Å². The smallest absolute Gasteiger partial charge is 0.337 e. The van der Waals surface area contributed by atoms with Gasteiger partial charge in [-0.1, -0.05) is 6.92 Å². The number of hydrogen-bond donors (Lipinski definition) is 1. The quantitative estimate of drug-likeness (QED) is 0.796. The van der Waals surface area contributed by atoms with Gasteiger partial charge in [0.05, 0.1) is 12.7 Å². The molecule has 1 atom stereocenters. The lowest BCUT2D eigenvalue weighted by Crippen LogP contribution is -2.40. The summed E-state index contributed by atoms with van der Waals surface area (Å²) >= 11 is 0. The van der Waals surface area contributed by atoms with Crippen molar-refractivity contribution in [1.29, 1.82) is 0 Å². The van der Waals surface area contributed by atoms with Gasteiger partial charge in [0.1, 0.15) is 5.69 Å². The molecule has 148 valence electrons. The van der Waals surface area contributed by atoms with Crippen LogP contribution >= 0.6 is 0 Å². The molecular formula is C21H26N4O3. The number of nitrogens with one attached hydrogen (secondary N) is 1. The van der Waals surface area contributed by atoms with Gasteiger partial charge in [-0.25, -0.2) is 14.8 Å². The number of aryl methyl sites for hydroxylation is 1. The van der Waals surface area contributed by atoms with Crippen molar-refractivity contribution in [3.8, 4) is 0 Å². The van der Waals surface area contributed by atoms with Crippen LogP contribution in [0.1, 0.15) is 59.1 Å². The molecule has 1 aliphatic heterocycles. The first-order valence-electron chi connectivity index (χ1n) is 9.64. The molecule has 0 radical (unpaired) electrons. The zero-order valence-electron chi connectivity index (χ0n) is 16.6. The van der Waals surface area contributed by atoms with Crippen LogP contribution in [0.5, 0.6) is 0 Å². The molecule has 28 heavy (non-hydrogen) atoms. The molecule has 1 fully saturated rings. The number of methoxy groups -OCH3 is 1. The summed E-state index contributed by atoms with van der Waals surface area (Å²) in [6.45, 7) is 4.96. The monoisotopic (exact) mass is 382 g/mol. The average Bonchev–Trinajstić information content (AvgIpc) is 2.73. The number of rotatable bonds is 5. The molecule has 1 saturated heterocycles. The largest absolute Gasteiger partial charge is 0.465 e. The van der Waals surface area contributed by atoms with Crippen molar-refractivity contribution in [2.24, 2.45) is 0 Å². The fourth-order valence-electron chi connectivity index (χ4n) is 3.49. The third kappa shape index (κ3) is 4.47. The molecule has 1 aliphatic rings. The molecule has 0 spiro atoms. The Morgan fingerprint density at radius 3 is 2.64 bits per heavy atom. The minimum atomic E-state index is -0.416. The summed E-state index contributed by atoms with van der Waals surface area (Å²) in [4.78, 5) is 35.6. The van der Waals surface area contributed by atoms with Crippen molar-refractivity contribution in [1.82, 2.24) is 9.97 Å². The van der Waals surface area contributed by atoms with Gasteiger partial charge in [0, 0.05) is 24.0 Å². The molecule has 1 aromatic heterocycles. The van der Waals surface area contributed by atoms with E-state index >= 15 is 0 Å². The first-order chi connectivity index (χ1) is 13.5. The lowest BCUT2D eigenvalue weighted by molar-refractivity contribution is 0.0600. The van der Waals surface area contributed by atoms with Gasteiger partial charge in [-0.15, -0.1) is 0 Å². The van der Waals surface area contributed by atoms with Crippen LogP contribution in [0.25, 0.3) is 0 Å². The summed E-state index contributed by atoms with van der Waals surface area (Å²) in [7, 11) is 1.33. The van der Waals surface area contributed by atoms with E-state index in [1.54, 1.807) is 30.3 Å². The van der Waals surface area contributed by atoms with Gasteiger partial charge in [-0.3, -0.25) is 4.79 Å². The number of amides is 1. The van der Waals surface area contributed by atoms with Crippen molar-refractivity contribution in [2.45, 2.75) is 45.6 Å². The fraction of sp³-hybridized carbons (Fsp3) is 0.429. The molecular weight excluding hydrogens is 356 g/mol. The molecule has 0 saturated carbocycles.